The number of rotatable bonds is 4. The quantitative estimate of drug-likeness (QED) is 0.789. The van der Waals surface area contributed by atoms with Gasteiger partial charge in [0.25, 0.3) is 0 Å². The summed E-state index contributed by atoms with van der Waals surface area (Å²) in [6.07, 6.45) is 2.45. The van der Waals surface area contributed by atoms with Gasteiger partial charge in [-0.25, -0.2) is 0 Å². The Morgan fingerprint density at radius 1 is 1.50 bits per heavy atom. The molecular weight excluding hydrogens is 291 g/mol. The lowest BCUT2D eigenvalue weighted by Gasteiger charge is -2.15. The van der Waals surface area contributed by atoms with Crippen LogP contribution in [0.3, 0.4) is 0 Å². The molecule has 1 atom stereocenters. The molecule has 1 aromatic carbocycles. The molecule has 1 aliphatic heterocycles. The molecule has 4 heteroatoms. The molecule has 2 nitrogen and oxygen atoms in total. The lowest BCUT2D eigenvalue weighted by atomic mass is 10.2. The van der Waals surface area contributed by atoms with Crippen molar-refractivity contribution in [1.82, 2.24) is 0 Å². The fourth-order valence-electron chi connectivity index (χ4n) is 1.77. The van der Waals surface area contributed by atoms with Crippen molar-refractivity contribution in [3.8, 4) is 5.75 Å². The second kappa shape index (κ2) is 5.89. The summed E-state index contributed by atoms with van der Waals surface area (Å²) in [5, 5.41) is 0. The topological polar surface area (TPSA) is 18.5 Å². The summed E-state index contributed by atoms with van der Waals surface area (Å²) in [6, 6.07) is 5.89. The van der Waals surface area contributed by atoms with E-state index in [0.29, 0.717) is 12.5 Å². The van der Waals surface area contributed by atoms with E-state index in [4.69, 9.17) is 21.1 Å². The zero-order chi connectivity index (χ0) is 11.4. The van der Waals surface area contributed by atoms with Gasteiger partial charge in [-0.2, -0.15) is 0 Å². The van der Waals surface area contributed by atoms with Gasteiger partial charge in [0, 0.05) is 12.2 Å². The van der Waals surface area contributed by atoms with Gasteiger partial charge in [-0.05, 0) is 34.8 Å². The highest BCUT2D eigenvalue weighted by atomic mass is 79.9. The molecular formula is C12H14BrClO2. The van der Waals surface area contributed by atoms with E-state index < -0.39 is 0 Å². The Bertz CT molecular complexity index is 351. The van der Waals surface area contributed by atoms with E-state index in [0.717, 1.165) is 35.2 Å². The average molecular weight is 306 g/mol. The van der Waals surface area contributed by atoms with Crippen LogP contribution >= 0.6 is 27.5 Å². The Hall–Kier alpha value is -0.250. The van der Waals surface area contributed by atoms with Gasteiger partial charge >= 0.3 is 0 Å². The van der Waals surface area contributed by atoms with Crippen LogP contribution in [0, 0.1) is 0 Å². The summed E-state index contributed by atoms with van der Waals surface area (Å²) in [5.74, 6) is 1.30. The van der Waals surface area contributed by atoms with Gasteiger partial charge in [-0.1, -0.05) is 12.1 Å². The van der Waals surface area contributed by atoms with Crippen molar-refractivity contribution in [1.29, 1.82) is 0 Å². The lowest BCUT2D eigenvalue weighted by Crippen LogP contribution is -2.17. The first-order valence-electron chi connectivity index (χ1n) is 5.39. The molecule has 88 valence electrons. The molecule has 0 aliphatic carbocycles. The van der Waals surface area contributed by atoms with Gasteiger partial charge in [0.2, 0.25) is 0 Å². The van der Waals surface area contributed by atoms with Crippen LogP contribution in [-0.4, -0.2) is 19.3 Å². The Morgan fingerprint density at radius 3 is 3.06 bits per heavy atom. The minimum absolute atomic E-state index is 0.232. The molecule has 0 amide bonds. The lowest BCUT2D eigenvalue weighted by molar-refractivity contribution is 0.0674. The maximum Gasteiger partial charge on any atom is 0.138 e. The average Bonchev–Trinajstić information content (AvgIpc) is 2.80. The standard InChI is InChI=1S/C12H14BrClO2/c13-11-5-1-3-9(7-14)12(11)16-8-10-4-2-6-15-10/h1,3,5,10H,2,4,6-8H2. The van der Waals surface area contributed by atoms with Crippen molar-refractivity contribution in [3.63, 3.8) is 0 Å². The Balaban J connectivity index is 2.01. The molecule has 1 aliphatic rings. The van der Waals surface area contributed by atoms with E-state index in [-0.39, 0.29) is 6.10 Å². The number of benzene rings is 1. The summed E-state index contributed by atoms with van der Waals surface area (Å²) in [5.41, 5.74) is 1.01. The van der Waals surface area contributed by atoms with Crippen molar-refractivity contribution < 1.29 is 9.47 Å². The van der Waals surface area contributed by atoms with E-state index >= 15 is 0 Å². The van der Waals surface area contributed by atoms with Gasteiger partial charge in [-0.3, -0.25) is 0 Å². The van der Waals surface area contributed by atoms with Crippen LogP contribution in [0.15, 0.2) is 22.7 Å². The SMILES string of the molecule is ClCc1cccc(Br)c1OCC1CCCO1. The van der Waals surface area contributed by atoms with Crippen molar-refractivity contribution in [2.24, 2.45) is 0 Å². The van der Waals surface area contributed by atoms with Crippen LogP contribution in [0.5, 0.6) is 5.75 Å². The fourth-order valence-corrected chi connectivity index (χ4v) is 2.50. The third-order valence-corrected chi connectivity index (χ3v) is 3.54. The molecule has 16 heavy (non-hydrogen) atoms. The molecule has 1 heterocycles. The molecule has 1 aromatic rings. The van der Waals surface area contributed by atoms with Crippen LogP contribution < -0.4 is 4.74 Å². The highest BCUT2D eigenvalue weighted by Gasteiger charge is 2.17. The number of alkyl halides is 1. The van der Waals surface area contributed by atoms with Crippen LogP contribution in [0.2, 0.25) is 0 Å². The predicted octanol–water partition coefficient (Wildman–Crippen LogP) is 3.75. The highest BCUT2D eigenvalue weighted by Crippen LogP contribution is 2.30. The molecule has 0 saturated carbocycles. The van der Waals surface area contributed by atoms with Crippen LogP contribution in [0.4, 0.5) is 0 Å². The van der Waals surface area contributed by atoms with E-state index in [1.54, 1.807) is 0 Å². The summed E-state index contributed by atoms with van der Waals surface area (Å²) < 4.78 is 12.2. The second-order valence-corrected chi connectivity index (χ2v) is 4.93. The molecule has 2 rings (SSSR count). The van der Waals surface area contributed by atoms with Crippen LogP contribution in [-0.2, 0) is 10.6 Å². The summed E-state index contributed by atoms with van der Waals surface area (Å²) in [4.78, 5) is 0. The maximum atomic E-state index is 5.87. The van der Waals surface area contributed by atoms with Crippen LogP contribution in [0.1, 0.15) is 18.4 Å². The molecule has 1 unspecified atom stereocenters. The van der Waals surface area contributed by atoms with Gasteiger partial charge < -0.3 is 9.47 Å². The second-order valence-electron chi connectivity index (χ2n) is 3.81. The Labute approximate surface area is 109 Å². The Morgan fingerprint density at radius 2 is 2.38 bits per heavy atom. The first kappa shape index (κ1) is 12.2. The van der Waals surface area contributed by atoms with Crippen molar-refractivity contribution in [2.75, 3.05) is 13.2 Å². The zero-order valence-electron chi connectivity index (χ0n) is 8.92. The molecule has 1 fully saturated rings. The summed E-state index contributed by atoms with van der Waals surface area (Å²) >= 11 is 9.34. The number of hydrogen-bond acceptors (Lipinski definition) is 2. The van der Waals surface area contributed by atoms with Gasteiger partial charge in [0.15, 0.2) is 0 Å². The number of ether oxygens (including phenoxy) is 2. The smallest absolute Gasteiger partial charge is 0.138 e. The molecule has 0 radical (unpaired) electrons. The van der Waals surface area contributed by atoms with E-state index in [9.17, 15) is 0 Å². The molecule has 0 aromatic heterocycles. The Kier molecular flexibility index (Phi) is 4.50. The molecule has 0 bridgehead atoms. The highest BCUT2D eigenvalue weighted by molar-refractivity contribution is 9.10. The largest absolute Gasteiger partial charge is 0.489 e. The third kappa shape index (κ3) is 2.90. The van der Waals surface area contributed by atoms with E-state index in [2.05, 4.69) is 15.9 Å². The zero-order valence-corrected chi connectivity index (χ0v) is 11.3. The first-order chi connectivity index (χ1) is 7.81. The fraction of sp³-hybridized carbons (Fsp3) is 0.500. The number of halogens is 2. The normalized spacial score (nSPS) is 20.0. The van der Waals surface area contributed by atoms with Crippen molar-refractivity contribution in [2.45, 2.75) is 24.8 Å². The number of para-hydroxylation sites is 1. The summed E-state index contributed by atoms with van der Waals surface area (Å²) in [6.45, 7) is 1.46. The molecule has 0 N–H and O–H groups in total. The predicted molar refractivity (Wildman–Crippen MR) is 68.2 cm³/mol. The maximum absolute atomic E-state index is 5.87. The minimum Gasteiger partial charge on any atom is -0.489 e. The molecule has 0 spiro atoms. The molecule has 1 saturated heterocycles. The van der Waals surface area contributed by atoms with E-state index in [1.165, 1.54) is 0 Å². The van der Waals surface area contributed by atoms with Gasteiger partial charge in [-0.15, -0.1) is 11.6 Å². The third-order valence-electron chi connectivity index (χ3n) is 2.63. The monoisotopic (exact) mass is 304 g/mol. The van der Waals surface area contributed by atoms with Gasteiger partial charge in [0.1, 0.15) is 12.4 Å². The van der Waals surface area contributed by atoms with E-state index in [1.807, 2.05) is 18.2 Å². The van der Waals surface area contributed by atoms with Crippen LogP contribution in [0.25, 0.3) is 0 Å². The first-order valence-corrected chi connectivity index (χ1v) is 6.72. The van der Waals surface area contributed by atoms with Crippen molar-refractivity contribution in [3.05, 3.63) is 28.2 Å². The number of hydrogen-bond donors (Lipinski definition) is 0. The van der Waals surface area contributed by atoms with Crippen molar-refractivity contribution >= 4 is 27.5 Å². The summed E-state index contributed by atoms with van der Waals surface area (Å²) in [7, 11) is 0. The van der Waals surface area contributed by atoms with Gasteiger partial charge in [0.05, 0.1) is 16.5 Å². The minimum atomic E-state index is 0.232.